The number of hydrogen-bond donors (Lipinski definition) is 1. The van der Waals surface area contributed by atoms with Gasteiger partial charge in [-0.15, -0.1) is 0 Å². The van der Waals surface area contributed by atoms with Gasteiger partial charge in [0.05, 0.1) is 26.9 Å². The molecule has 0 spiro atoms. The van der Waals surface area contributed by atoms with Gasteiger partial charge in [-0.05, 0) is 29.3 Å². The van der Waals surface area contributed by atoms with Crippen LogP contribution >= 0.6 is 0 Å². The van der Waals surface area contributed by atoms with Crippen LogP contribution in [0.25, 0.3) is 0 Å². The number of benzene rings is 2. The van der Waals surface area contributed by atoms with E-state index in [1.807, 2.05) is 6.07 Å². The first-order valence-electron chi connectivity index (χ1n) is 8.40. The number of hydrogen-bond acceptors (Lipinski definition) is 4. The predicted molar refractivity (Wildman–Crippen MR) is 94.6 cm³/mol. The van der Waals surface area contributed by atoms with E-state index in [0.29, 0.717) is 5.75 Å². The Morgan fingerprint density at radius 2 is 1.76 bits per heavy atom. The largest absolute Gasteiger partial charge is 0.504 e. The Hall–Kier alpha value is -2.69. The Morgan fingerprint density at radius 3 is 2.48 bits per heavy atom. The van der Waals surface area contributed by atoms with Gasteiger partial charge in [0.2, 0.25) is 0 Å². The monoisotopic (exact) mass is 340 g/mol. The topological polar surface area (TPSA) is 50.9 Å². The second kappa shape index (κ2) is 5.99. The summed E-state index contributed by atoms with van der Waals surface area (Å²) in [6, 6.07) is 8.14. The predicted octanol–water partition coefficient (Wildman–Crippen LogP) is 2.70. The van der Waals surface area contributed by atoms with E-state index in [9.17, 15) is 5.11 Å². The minimum atomic E-state index is 0.180. The zero-order valence-electron chi connectivity index (χ0n) is 14.7. The van der Waals surface area contributed by atoms with Gasteiger partial charge in [0.1, 0.15) is 6.54 Å². The Morgan fingerprint density at radius 1 is 1.00 bits per heavy atom. The van der Waals surface area contributed by atoms with Gasteiger partial charge in [0.25, 0.3) is 0 Å². The number of aromatic hydroxyl groups is 1. The molecule has 0 aliphatic carbocycles. The lowest BCUT2D eigenvalue weighted by molar-refractivity contribution is -0.573. The molecule has 2 aliphatic heterocycles. The van der Waals surface area contributed by atoms with Gasteiger partial charge < -0.3 is 19.3 Å². The van der Waals surface area contributed by atoms with Crippen molar-refractivity contribution in [3.63, 3.8) is 0 Å². The lowest BCUT2D eigenvalue weighted by Gasteiger charge is -2.29. The van der Waals surface area contributed by atoms with E-state index in [1.54, 1.807) is 27.4 Å². The third kappa shape index (κ3) is 2.42. The molecule has 2 heterocycles. The van der Waals surface area contributed by atoms with Crippen LogP contribution in [0.1, 0.15) is 28.3 Å². The zero-order chi connectivity index (χ0) is 17.6. The van der Waals surface area contributed by atoms with Crippen molar-refractivity contribution in [2.75, 3.05) is 27.9 Å². The molecule has 2 aromatic rings. The molecule has 0 fully saturated rings. The summed E-state index contributed by atoms with van der Waals surface area (Å²) in [6.07, 6.45) is 3.92. The van der Waals surface area contributed by atoms with Crippen molar-refractivity contribution in [2.24, 2.45) is 0 Å². The van der Waals surface area contributed by atoms with Crippen molar-refractivity contribution in [3.05, 3.63) is 46.5 Å². The number of nitrogens with zero attached hydrogens (tertiary/aromatic N) is 1. The Bertz CT molecular complexity index is 872. The van der Waals surface area contributed by atoms with Crippen LogP contribution in [0.15, 0.2) is 24.3 Å². The number of ether oxygens (including phenoxy) is 3. The van der Waals surface area contributed by atoms with Gasteiger partial charge >= 0.3 is 0 Å². The molecule has 0 radical (unpaired) electrons. The quantitative estimate of drug-likeness (QED) is 0.873. The molecule has 130 valence electrons. The lowest BCUT2D eigenvalue weighted by atomic mass is 9.85. The van der Waals surface area contributed by atoms with Gasteiger partial charge in [-0.2, -0.15) is 0 Å². The molecule has 0 bridgehead atoms. The van der Waals surface area contributed by atoms with E-state index < -0.39 is 0 Å². The van der Waals surface area contributed by atoms with Crippen LogP contribution in [0, 0.1) is 0 Å². The molecule has 5 heteroatoms. The highest BCUT2D eigenvalue weighted by Crippen LogP contribution is 2.41. The number of methoxy groups -OCH3 is 3. The highest BCUT2D eigenvalue weighted by atomic mass is 16.5. The minimum Gasteiger partial charge on any atom is -0.504 e. The summed E-state index contributed by atoms with van der Waals surface area (Å²) < 4.78 is 18.7. The van der Waals surface area contributed by atoms with Crippen molar-refractivity contribution in [1.82, 2.24) is 0 Å². The van der Waals surface area contributed by atoms with E-state index in [0.717, 1.165) is 36.4 Å². The van der Waals surface area contributed by atoms with Crippen LogP contribution in [-0.4, -0.2) is 43.8 Å². The summed E-state index contributed by atoms with van der Waals surface area (Å²) in [6.45, 7) is 0.922. The highest BCUT2D eigenvalue weighted by molar-refractivity contribution is 5.85. The average molecular weight is 340 g/mol. The van der Waals surface area contributed by atoms with Gasteiger partial charge in [0, 0.05) is 18.4 Å². The van der Waals surface area contributed by atoms with Crippen molar-refractivity contribution in [3.8, 4) is 23.0 Å². The number of rotatable bonds is 3. The minimum absolute atomic E-state index is 0.180. The normalized spacial score (nSPS) is 17.7. The van der Waals surface area contributed by atoms with Crippen LogP contribution < -0.4 is 14.2 Å². The van der Waals surface area contributed by atoms with Crippen LogP contribution in [-0.2, 0) is 12.8 Å². The molecule has 4 rings (SSSR count). The maximum absolute atomic E-state index is 10.1. The van der Waals surface area contributed by atoms with Gasteiger partial charge in [-0.25, -0.2) is 4.58 Å². The Labute approximate surface area is 147 Å². The summed E-state index contributed by atoms with van der Waals surface area (Å²) >= 11 is 0. The third-order valence-corrected chi connectivity index (χ3v) is 5.22. The highest BCUT2D eigenvalue weighted by Gasteiger charge is 2.36. The number of phenols is 1. The lowest BCUT2D eigenvalue weighted by Crippen LogP contribution is -2.33. The summed E-state index contributed by atoms with van der Waals surface area (Å²) in [4.78, 5) is 0. The van der Waals surface area contributed by atoms with E-state index in [-0.39, 0.29) is 11.8 Å². The second-order valence-corrected chi connectivity index (χ2v) is 6.43. The standard InChI is InChI=1S/C20H21NO4/c1-23-18-9-13-6-7-21-11-15-12(4-5-17(22)20(15)25-3)8-16(21)14(13)10-19(18)24-2/h4-5,9-11,16H,6-8H2,1-3H3/p+1/t16-/m0/s1. The van der Waals surface area contributed by atoms with Crippen LogP contribution in [0.3, 0.4) is 0 Å². The number of fused-ring (bicyclic) bond motifs is 4. The third-order valence-electron chi connectivity index (χ3n) is 5.22. The van der Waals surface area contributed by atoms with Crippen LogP contribution in [0.4, 0.5) is 0 Å². The molecular weight excluding hydrogens is 318 g/mol. The molecule has 0 amide bonds. The van der Waals surface area contributed by atoms with E-state index in [4.69, 9.17) is 14.2 Å². The van der Waals surface area contributed by atoms with Gasteiger partial charge in [-0.3, -0.25) is 0 Å². The molecule has 0 saturated heterocycles. The molecule has 5 nitrogen and oxygen atoms in total. The fourth-order valence-corrected chi connectivity index (χ4v) is 3.97. The summed E-state index contributed by atoms with van der Waals surface area (Å²) in [5.41, 5.74) is 4.74. The van der Waals surface area contributed by atoms with Crippen molar-refractivity contribution >= 4 is 6.21 Å². The van der Waals surface area contributed by atoms with E-state index >= 15 is 0 Å². The van der Waals surface area contributed by atoms with E-state index in [1.165, 1.54) is 16.7 Å². The SMILES string of the molecule is COc1cc2c(cc1OC)[C@@H]1Cc3ccc(O)c(OC)c3C=[N+]1CC2. The Kier molecular flexibility index (Phi) is 3.79. The molecule has 0 saturated carbocycles. The fraction of sp³-hybridized carbons (Fsp3) is 0.350. The maximum Gasteiger partial charge on any atom is 0.182 e. The summed E-state index contributed by atoms with van der Waals surface area (Å²) in [5, 5.41) is 10.1. The van der Waals surface area contributed by atoms with Gasteiger partial charge in [0.15, 0.2) is 35.3 Å². The molecule has 2 aliphatic rings. The average Bonchev–Trinajstić information content (AvgIpc) is 2.65. The second-order valence-electron chi connectivity index (χ2n) is 6.43. The zero-order valence-corrected chi connectivity index (χ0v) is 14.7. The van der Waals surface area contributed by atoms with Crippen molar-refractivity contribution in [2.45, 2.75) is 18.9 Å². The van der Waals surface area contributed by atoms with Gasteiger partial charge in [-0.1, -0.05) is 6.07 Å². The van der Waals surface area contributed by atoms with Crippen LogP contribution in [0.5, 0.6) is 23.0 Å². The molecule has 25 heavy (non-hydrogen) atoms. The molecule has 2 aromatic carbocycles. The van der Waals surface area contributed by atoms with Crippen molar-refractivity contribution < 1.29 is 23.9 Å². The molecule has 0 aromatic heterocycles. The first-order chi connectivity index (χ1) is 12.2. The smallest absolute Gasteiger partial charge is 0.182 e. The summed E-state index contributed by atoms with van der Waals surface area (Å²) in [7, 11) is 4.93. The molecule has 0 unspecified atom stereocenters. The molecule has 1 N–H and O–H groups in total. The number of phenolic OH excluding ortho intramolecular Hbond substituents is 1. The van der Waals surface area contributed by atoms with E-state index in [2.05, 4.69) is 22.9 Å². The molecule has 1 atom stereocenters. The Balaban J connectivity index is 1.83. The first kappa shape index (κ1) is 15.8. The first-order valence-corrected chi connectivity index (χ1v) is 8.40. The van der Waals surface area contributed by atoms with Crippen molar-refractivity contribution in [1.29, 1.82) is 0 Å². The van der Waals surface area contributed by atoms with Crippen LogP contribution in [0.2, 0.25) is 0 Å². The summed E-state index contributed by atoms with van der Waals surface area (Å²) in [5.74, 6) is 2.27. The fourth-order valence-electron chi connectivity index (χ4n) is 3.97. The maximum atomic E-state index is 10.1. The molecular formula is C20H22NO4+.